The molecule has 88 valence electrons. The molecule has 0 saturated carbocycles. The molecule has 0 unspecified atom stereocenters. The minimum absolute atomic E-state index is 0.307. The number of rotatable bonds is 3. The van der Waals surface area contributed by atoms with E-state index in [4.69, 9.17) is 9.47 Å². The summed E-state index contributed by atoms with van der Waals surface area (Å²) in [5, 5.41) is 7.43. The number of nitrogens with zero attached hydrogens (tertiary/aromatic N) is 2. The van der Waals surface area contributed by atoms with E-state index < -0.39 is 0 Å². The van der Waals surface area contributed by atoms with Crippen molar-refractivity contribution in [3.8, 4) is 11.5 Å². The normalized spacial score (nSPS) is 12.8. The number of fused-ring (bicyclic) bond motifs is 1. The molecule has 5 heteroatoms. The lowest BCUT2D eigenvalue weighted by Gasteiger charge is -2.05. The summed E-state index contributed by atoms with van der Waals surface area (Å²) in [6, 6.07) is 5.83. The van der Waals surface area contributed by atoms with Gasteiger partial charge < -0.3 is 14.8 Å². The summed E-state index contributed by atoms with van der Waals surface area (Å²) in [7, 11) is 1.91. The quantitative estimate of drug-likeness (QED) is 0.874. The van der Waals surface area contributed by atoms with Crippen LogP contribution in [0.15, 0.2) is 30.6 Å². The Kier molecular flexibility index (Phi) is 2.36. The number of hydrogen-bond acceptors (Lipinski definition) is 4. The number of benzene rings is 1. The van der Waals surface area contributed by atoms with Gasteiger partial charge >= 0.3 is 0 Å². The number of nitrogens with one attached hydrogen (secondary N) is 1. The SMILES string of the molecule is Cn1cc(CNc2ccc3c(c2)OCO3)cn1. The van der Waals surface area contributed by atoms with Crippen molar-refractivity contribution < 1.29 is 9.47 Å². The van der Waals surface area contributed by atoms with Gasteiger partial charge in [0.1, 0.15) is 0 Å². The first-order valence-electron chi connectivity index (χ1n) is 5.42. The molecule has 3 rings (SSSR count). The van der Waals surface area contributed by atoms with Gasteiger partial charge in [-0.2, -0.15) is 5.10 Å². The van der Waals surface area contributed by atoms with E-state index in [0.717, 1.165) is 29.3 Å². The van der Waals surface area contributed by atoms with Gasteiger partial charge in [-0.25, -0.2) is 0 Å². The molecule has 17 heavy (non-hydrogen) atoms. The fraction of sp³-hybridized carbons (Fsp3) is 0.250. The predicted molar refractivity (Wildman–Crippen MR) is 63.1 cm³/mol. The molecule has 0 spiro atoms. The molecule has 0 fully saturated rings. The smallest absolute Gasteiger partial charge is 0.231 e. The summed E-state index contributed by atoms with van der Waals surface area (Å²) < 4.78 is 12.4. The van der Waals surface area contributed by atoms with Crippen LogP contribution in [-0.4, -0.2) is 16.6 Å². The first-order chi connectivity index (χ1) is 8.31. The maximum atomic E-state index is 5.32. The van der Waals surface area contributed by atoms with Crippen LogP contribution in [0.5, 0.6) is 11.5 Å². The third kappa shape index (κ3) is 2.04. The van der Waals surface area contributed by atoms with Crippen molar-refractivity contribution in [2.75, 3.05) is 12.1 Å². The van der Waals surface area contributed by atoms with Crippen LogP contribution in [0.2, 0.25) is 0 Å². The highest BCUT2D eigenvalue weighted by atomic mass is 16.7. The molecule has 1 aliphatic rings. The summed E-state index contributed by atoms with van der Waals surface area (Å²) >= 11 is 0. The van der Waals surface area contributed by atoms with Gasteiger partial charge in [0, 0.05) is 37.1 Å². The van der Waals surface area contributed by atoms with Gasteiger partial charge in [-0.05, 0) is 12.1 Å². The molecule has 0 saturated heterocycles. The van der Waals surface area contributed by atoms with Crippen LogP contribution in [0.4, 0.5) is 5.69 Å². The van der Waals surface area contributed by atoms with Gasteiger partial charge in [-0.1, -0.05) is 0 Å². The Bertz CT molecular complexity index is 536. The second-order valence-corrected chi connectivity index (χ2v) is 3.94. The first-order valence-corrected chi connectivity index (χ1v) is 5.42. The molecule has 0 radical (unpaired) electrons. The van der Waals surface area contributed by atoms with E-state index in [1.807, 2.05) is 37.6 Å². The van der Waals surface area contributed by atoms with E-state index in [1.54, 1.807) is 4.68 Å². The topological polar surface area (TPSA) is 48.3 Å². The van der Waals surface area contributed by atoms with Crippen LogP contribution in [0.1, 0.15) is 5.56 Å². The highest BCUT2D eigenvalue weighted by Crippen LogP contribution is 2.34. The van der Waals surface area contributed by atoms with Gasteiger partial charge in [-0.15, -0.1) is 0 Å². The summed E-state index contributed by atoms with van der Waals surface area (Å²) in [5.41, 5.74) is 2.16. The zero-order valence-electron chi connectivity index (χ0n) is 9.51. The van der Waals surface area contributed by atoms with Gasteiger partial charge in [0.2, 0.25) is 6.79 Å². The lowest BCUT2D eigenvalue weighted by atomic mass is 10.2. The van der Waals surface area contributed by atoms with E-state index in [1.165, 1.54) is 0 Å². The van der Waals surface area contributed by atoms with Crippen molar-refractivity contribution >= 4 is 5.69 Å². The number of aromatic nitrogens is 2. The molecule has 0 aliphatic carbocycles. The average Bonchev–Trinajstić information content (AvgIpc) is 2.94. The zero-order valence-corrected chi connectivity index (χ0v) is 9.51. The Balaban J connectivity index is 1.69. The lowest BCUT2D eigenvalue weighted by Crippen LogP contribution is -1.98. The molecule has 2 heterocycles. The summed E-state index contributed by atoms with van der Waals surface area (Å²) in [5.74, 6) is 1.60. The van der Waals surface area contributed by atoms with Crippen LogP contribution in [0, 0.1) is 0 Å². The zero-order chi connectivity index (χ0) is 11.7. The van der Waals surface area contributed by atoms with Crippen molar-refractivity contribution in [3.05, 3.63) is 36.2 Å². The second kappa shape index (κ2) is 4.01. The predicted octanol–water partition coefficient (Wildman–Crippen LogP) is 1.76. The Hall–Kier alpha value is -2.17. The maximum absolute atomic E-state index is 5.32. The van der Waals surface area contributed by atoms with Gasteiger partial charge in [0.15, 0.2) is 11.5 Å². The van der Waals surface area contributed by atoms with Crippen LogP contribution < -0.4 is 14.8 Å². The van der Waals surface area contributed by atoms with Gasteiger partial charge in [0.05, 0.1) is 6.20 Å². The molecule has 0 bridgehead atoms. The van der Waals surface area contributed by atoms with Crippen LogP contribution in [-0.2, 0) is 13.6 Å². The third-order valence-electron chi connectivity index (χ3n) is 2.63. The molecule has 1 aromatic carbocycles. The Morgan fingerprint density at radius 3 is 3.06 bits per heavy atom. The molecule has 1 N–H and O–H groups in total. The standard InChI is InChI=1S/C12H13N3O2/c1-15-7-9(6-14-15)5-13-10-2-3-11-12(4-10)17-8-16-11/h2-4,6-7,13H,5,8H2,1H3. The second-order valence-electron chi connectivity index (χ2n) is 3.94. The Labute approximate surface area is 99.0 Å². The van der Waals surface area contributed by atoms with Crippen molar-refractivity contribution in [1.82, 2.24) is 9.78 Å². The largest absolute Gasteiger partial charge is 0.454 e. The highest BCUT2D eigenvalue weighted by molar-refractivity contribution is 5.55. The molecule has 0 atom stereocenters. The van der Waals surface area contributed by atoms with E-state index in [2.05, 4.69) is 10.4 Å². The van der Waals surface area contributed by atoms with Crippen LogP contribution in [0.3, 0.4) is 0 Å². The minimum Gasteiger partial charge on any atom is -0.454 e. The van der Waals surface area contributed by atoms with E-state index in [0.29, 0.717) is 6.79 Å². The lowest BCUT2D eigenvalue weighted by molar-refractivity contribution is 0.174. The van der Waals surface area contributed by atoms with Crippen LogP contribution in [0.25, 0.3) is 0 Å². The average molecular weight is 231 g/mol. The Morgan fingerprint density at radius 2 is 2.24 bits per heavy atom. The molecular weight excluding hydrogens is 218 g/mol. The van der Waals surface area contributed by atoms with Gasteiger partial charge in [0.25, 0.3) is 0 Å². The maximum Gasteiger partial charge on any atom is 0.231 e. The monoisotopic (exact) mass is 231 g/mol. The van der Waals surface area contributed by atoms with Crippen molar-refractivity contribution in [2.45, 2.75) is 6.54 Å². The summed E-state index contributed by atoms with van der Waals surface area (Å²) in [6.45, 7) is 1.05. The number of ether oxygens (including phenoxy) is 2. The fourth-order valence-electron chi connectivity index (χ4n) is 1.77. The van der Waals surface area contributed by atoms with E-state index in [-0.39, 0.29) is 0 Å². The highest BCUT2D eigenvalue weighted by Gasteiger charge is 2.12. The fourth-order valence-corrected chi connectivity index (χ4v) is 1.77. The van der Waals surface area contributed by atoms with E-state index in [9.17, 15) is 0 Å². The summed E-state index contributed by atoms with van der Waals surface area (Å²) in [4.78, 5) is 0. The first kappa shape index (κ1) is 10.0. The van der Waals surface area contributed by atoms with Crippen molar-refractivity contribution in [2.24, 2.45) is 7.05 Å². The van der Waals surface area contributed by atoms with Gasteiger partial charge in [-0.3, -0.25) is 4.68 Å². The van der Waals surface area contributed by atoms with Crippen LogP contribution >= 0.6 is 0 Å². The number of anilines is 1. The number of hydrogen-bond donors (Lipinski definition) is 1. The molecular formula is C12H13N3O2. The van der Waals surface area contributed by atoms with E-state index >= 15 is 0 Å². The van der Waals surface area contributed by atoms with Crippen molar-refractivity contribution in [1.29, 1.82) is 0 Å². The molecule has 5 nitrogen and oxygen atoms in total. The molecule has 1 aliphatic heterocycles. The summed E-state index contributed by atoms with van der Waals surface area (Å²) in [6.07, 6.45) is 3.83. The molecule has 0 amide bonds. The minimum atomic E-state index is 0.307. The van der Waals surface area contributed by atoms with Crippen molar-refractivity contribution in [3.63, 3.8) is 0 Å². The molecule has 1 aromatic heterocycles. The molecule has 2 aromatic rings. The Morgan fingerprint density at radius 1 is 1.35 bits per heavy atom. The third-order valence-corrected chi connectivity index (χ3v) is 2.63. The number of aryl methyl sites for hydroxylation is 1.